The van der Waals surface area contributed by atoms with Crippen LogP contribution in [0.3, 0.4) is 0 Å². The monoisotopic (exact) mass is 370 g/mol. The number of carbonyl (C=O) groups excluding carboxylic acids is 3. The number of amides is 3. The molecule has 4 unspecified atom stereocenters. The number of imide groups is 1. The molecular weight excluding hydrogens is 347 g/mol. The minimum atomic E-state index is -0.341. The molecule has 2 bridgehead atoms. The third-order valence-electron chi connectivity index (χ3n) is 5.98. The lowest BCUT2D eigenvalue weighted by atomic mass is 9.85. The van der Waals surface area contributed by atoms with Crippen LogP contribution in [0.5, 0.6) is 0 Å². The summed E-state index contributed by atoms with van der Waals surface area (Å²) in [5.74, 6) is -0.234. The fourth-order valence-corrected chi connectivity index (χ4v) is 4.67. The van der Waals surface area contributed by atoms with Gasteiger partial charge in [0.1, 0.15) is 5.82 Å². The van der Waals surface area contributed by atoms with Gasteiger partial charge in [0.05, 0.1) is 11.8 Å². The second-order valence-corrected chi connectivity index (χ2v) is 7.69. The van der Waals surface area contributed by atoms with Crippen LogP contribution >= 0.6 is 0 Å². The second-order valence-electron chi connectivity index (χ2n) is 7.69. The van der Waals surface area contributed by atoms with E-state index in [0.717, 1.165) is 12.8 Å². The summed E-state index contributed by atoms with van der Waals surface area (Å²) >= 11 is 0. The number of allylic oxidation sites excluding steroid dienone is 2. The molecule has 0 radical (unpaired) electrons. The smallest absolute Gasteiger partial charge is 0.233 e. The maximum atomic E-state index is 12.8. The van der Waals surface area contributed by atoms with Crippen molar-refractivity contribution in [2.45, 2.75) is 32.1 Å². The molecule has 4 rings (SSSR count). The van der Waals surface area contributed by atoms with E-state index < -0.39 is 0 Å². The molecule has 0 spiro atoms. The van der Waals surface area contributed by atoms with E-state index in [0.29, 0.717) is 31.5 Å². The van der Waals surface area contributed by atoms with Gasteiger partial charge in [0.15, 0.2) is 0 Å². The standard InChI is InChI=1S/C21H23FN2O3/c22-15-7-9-16(10-8-15)23-17(25)4-2-1-3-11-24-20(26)18-13-5-6-14(12-13)19(18)21(24)27/h5-10,13-14,18-19H,1-4,11-12H2,(H,23,25). The third kappa shape index (κ3) is 3.40. The van der Waals surface area contributed by atoms with E-state index >= 15 is 0 Å². The quantitative estimate of drug-likeness (QED) is 0.456. The Morgan fingerprint density at radius 2 is 1.63 bits per heavy atom. The van der Waals surface area contributed by atoms with Gasteiger partial charge in [0.2, 0.25) is 17.7 Å². The molecule has 5 nitrogen and oxygen atoms in total. The third-order valence-corrected chi connectivity index (χ3v) is 5.98. The first-order valence-corrected chi connectivity index (χ1v) is 9.63. The normalized spacial score (nSPS) is 28.1. The Balaban J connectivity index is 1.18. The number of halogens is 1. The van der Waals surface area contributed by atoms with E-state index in [-0.39, 0.29) is 47.2 Å². The van der Waals surface area contributed by atoms with Crippen LogP contribution < -0.4 is 5.32 Å². The first-order chi connectivity index (χ1) is 13.0. The van der Waals surface area contributed by atoms with E-state index in [9.17, 15) is 18.8 Å². The number of anilines is 1. The molecular formula is C21H23FN2O3. The molecule has 3 aliphatic rings. The lowest BCUT2D eigenvalue weighted by Crippen LogP contribution is -2.33. The predicted octanol–water partition coefficient (Wildman–Crippen LogP) is 3.13. The minimum absolute atomic E-state index is 0.00379. The van der Waals surface area contributed by atoms with Crippen LogP contribution in [0.15, 0.2) is 36.4 Å². The van der Waals surface area contributed by atoms with E-state index in [1.807, 2.05) is 0 Å². The van der Waals surface area contributed by atoms with E-state index in [4.69, 9.17) is 0 Å². The zero-order valence-corrected chi connectivity index (χ0v) is 15.1. The van der Waals surface area contributed by atoms with Gasteiger partial charge in [-0.15, -0.1) is 0 Å². The number of hydrogen-bond acceptors (Lipinski definition) is 3. The van der Waals surface area contributed by atoms with Gasteiger partial charge in [-0.25, -0.2) is 4.39 Å². The summed E-state index contributed by atoms with van der Waals surface area (Å²) in [5.41, 5.74) is 0.574. The lowest BCUT2D eigenvalue weighted by molar-refractivity contribution is -0.140. The maximum Gasteiger partial charge on any atom is 0.233 e. The predicted molar refractivity (Wildman–Crippen MR) is 97.9 cm³/mol. The van der Waals surface area contributed by atoms with E-state index in [1.54, 1.807) is 0 Å². The summed E-state index contributed by atoms with van der Waals surface area (Å²) in [6.45, 7) is 0.448. The van der Waals surface area contributed by atoms with Crippen molar-refractivity contribution in [2.75, 3.05) is 11.9 Å². The van der Waals surface area contributed by atoms with Gasteiger partial charge in [-0.3, -0.25) is 19.3 Å². The molecule has 2 aliphatic carbocycles. The largest absolute Gasteiger partial charge is 0.326 e. The Morgan fingerprint density at radius 3 is 2.26 bits per heavy atom. The molecule has 27 heavy (non-hydrogen) atoms. The Bertz CT molecular complexity index is 759. The summed E-state index contributed by atoms with van der Waals surface area (Å²) in [6.07, 6.45) is 7.67. The highest BCUT2D eigenvalue weighted by Gasteiger charge is 2.58. The van der Waals surface area contributed by atoms with Crippen molar-refractivity contribution >= 4 is 23.4 Å². The molecule has 4 atom stereocenters. The Morgan fingerprint density at radius 1 is 1.00 bits per heavy atom. The topological polar surface area (TPSA) is 66.5 Å². The molecule has 2 fully saturated rings. The number of benzene rings is 1. The van der Waals surface area contributed by atoms with Crippen LogP contribution in [-0.4, -0.2) is 29.2 Å². The Labute approximate surface area is 157 Å². The number of fused-ring (bicyclic) bond motifs is 5. The van der Waals surface area contributed by atoms with Crippen LogP contribution in [0, 0.1) is 29.5 Å². The van der Waals surface area contributed by atoms with Crippen molar-refractivity contribution in [3.63, 3.8) is 0 Å². The molecule has 1 aromatic rings. The molecule has 1 heterocycles. The summed E-state index contributed by atoms with van der Waals surface area (Å²) in [5, 5.41) is 2.73. The average Bonchev–Trinajstić information content (AvgIpc) is 3.32. The summed E-state index contributed by atoms with van der Waals surface area (Å²) in [7, 11) is 0. The van der Waals surface area contributed by atoms with Gasteiger partial charge in [-0.1, -0.05) is 18.6 Å². The van der Waals surface area contributed by atoms with Gasteiger partial charge in [0.25, 0.3) is 0 Å². The fraction of sp³-hybridized carbons (Fsp3) is 0.476. The van der Waals surface area contributed by atoms with E-state index in [1.165, 1.54) is 29.2 Å². The highest BCUT2D eigenvalue weighted by Crippen LogP contribution is 2.52. The Hall–Kier alpha value is -2.50. The minimum Gasteiger partial charge on any atom is -0.326 e. The number of unbranched alkanes of at least 4 members (excludes halogenated alkanes) is 2. The number of nitrogens with one attached hydrogen (secondary N) is 1. The highest BCUT2D eigenvalue weighted by atomic mass is 19.1. The molecule has 6 heteroatoms. The van der Waals surface area contributed by atoms with Gasteiger partial charge >= 0.3 is 0 Å². The SMILES string of the molecule is O=C(CCCCCN1C(=O)C2C3C=CC(C3)C2C1=O)Nc1ccc(F)cc1. The van der Waals surface area contributed by atoms with Crippen LogP contribution in [0.25, 0.3) is 0 Å². The number of hydrogen-bond donors (Lipinski definition) is 1. The summed E-state index contributed by atoms with van der Waals surface area (Å²) in [6, 6.07) is 5.65. The van der Waals surface area contributed by atoms with Gasteiger partial charge in [-0.05, 0) is 55.4 Å². The Kier molecular flexibility index (Phi) is 4.81. The molecule has 1 saturated carbocycles. The number of rotatable bonds is 7. The van der Waals surface area contributed by atoms with Crippen LogP contribution in [0.2, 0.25) is 0 Å². The van der Waals surface area contributed by atoms with Gasteiger partial charge in [0, 0.05) is 18.7 Å². The van der Waals surface area contributed by atoms with Crippen molar-refractivity contribution < 1.29 is 18.8 Å². The number of nitrogens with zero attached hydrogens (tertiary/aromatic N) is 1. The van der Waals surface area contributed by atoms with Crippen molar-refractivity contribution in [1.82, 2.24) is 4.90 Å². The molecule has 1 aliphatic heterocycles. The summed E-state index contributed by atoms with van der Waals surface area (Å²) in [4.78, 5) is 38.5. The average molecular weight is 370 g/mol. The molecule has 1 saturated heterocycles. The number of carbonyl (C=O) groups is 3. The first kappa shape index (κ1) is 17.9. The zero-order chi connectivity index (χ0) is 19.0. The highest BCUT2D eigenvalue weighted by molar-refractivity contribution is 6.06. The summed E-state index contributed by atoms with van der Waals surface area (Å²) < 4.78 is 12.8. The second kappa shape index (κ2) is 7.25. The molecule has 1 aromatic carbocycles. The van der Waals surface area contributed by atoms with Crippen LogP contribution in [0.4, 0.5) is 10.1 Å². The molecule has 0 aromatic heterocycles. The fourth-order valence-electron chi connectivity index (χ4n) is 4.67. The lowest BCUT2D eigenvalue weighted by Gasteiger charge is -2.17. The molecule has 1 N–H and O–H groups in total. The molecule has 142 valence electrons. The van der Waals surface area contributed by atoms with Crippen molar-refractivity contribution in [2.24, 2.45) is 23.7 Å². The van der Waals surface area contributed by atoms with Crippen molar-refractivity contribution in [1.29, 1.82) is 0 Å². The molecule has 3 amide bonds. The van der Waals surface area contributed by atoms with Gasteiger partial charge in [-0.2, -0.15) is 0 Å². The van der Waals surface area contributed by atoms with Crippen molar-refractivity contribution in [3.05, 3.63) is 42.2 Å². The van der Waals surface area contributed by atoms with Crippen LogP contribution in [0.1, 0.15) is 32.1 Å². The first-order valence-electron chi connectivity index (χ1n) is 9.63. The maximum absolute atomic E-state index is 12.8. The number of likely N-dealkylation sites (tertiary alicyclic amines) is 1. The van der Waals surface area contributed by atoms with Gasteiger partial charge < -0.3 is 5.32 Å². The van der Waals surface area contributed by atoms with Crippen LogP contribution in [-0.2, 0) is 14.4 Å². The van der Waals surface area contributed by atoms with E-state index in [2.05, 4.69) is 17.5 Å². The van der Waals surface area contributed by atoms with Crippen molar-refractivity contribution in [3.8, 4) is 0 Å². The zero-order valence-electron chi connectivity index (χ0n) is 15.1.